The highest BCUT2D eigenvalue weighted by Gasteiger charge is 2.22. The number of hydrogen-bond acceptors (Lipinski definition) is 6. The lowest BCUT2D eigenvalue weighted by atomic mass is 9.88. The van der Waals surface area contributed by atoms with Crippen LogP contribution in [0.5, 0.6) is 11.5 Å². The van der Waals surface area contributed by atoms with E-state index in [0.29, 0.717) is 11.7 Å². The highest BCUT2D eigenvalue weighted by molar-refractivity contribution is 5.64. The van der Waals surface area contributed by atoms with Crippen molar-refractivity contribution in [1.29, 1.82) is 0 Å². The third-order valence-electron chi connectivity index (χ3n) is 6.91. The van der Waals surface area contributed by atoms with E-state index < -0.39 is 0 Å². The Hall–Kier alpha value is -2.99. The average Bonchev–Trinajstić information content (AvgIpc) is 2.89. The van der Waals surface area contributed by atoms with Crippen LogP contribution in [-0.2, 0) is 19.5 Å². The van der Waals surface area contributed by atoms with Crippen molar-refractivity contribution in [2.45, 2.75) is 57.5 Å². The molecule has 0 amide bonds. The molecular formula is C27H32N4O2. The molecule has 3 aromatic rings. The molecule has 1 aliphatic carbocycles. The number of ether oxygens (including phenoxy) is 2. The standard InChI is InChI=1S/C27H32N4O2/c1-32-25-11-9-21(14-26(25)33-2)23-10-8-19(15-28-23)17-31-13-12-24-22(18-31)16-29-27(30-24)20-6-4-3-5-7-20/h8-11,14-16,20H,3-7,12-13,17-18H2,1-2H3. The SMILES string of the molecule is COc1ccc(-c2ccc(CN3CCc4nc(C5CCCCC5)ncc4C3)cn2)cc1OC. The maximum Gasteiger partial charge on any atom is 0.161 e. The molecule has 33 heavy (non-hydrogen) atoms. The molecule has 0 unspecified atom stereocenters. The summed E-state index contributed by atoms with van der Waals surface area (Å²) in [5.74, 6) is 3.08. The van der Waals surface area contributed by atoms with E-state index in [1.54, 1.807) is 14.2 Å². The molecule has 2 aliphatic rings. The third-order valence-corrected chi connectivity index (χ3v) is 6.91. The molecule has 3 heterocycles. The van der Waals surface area contributed by atoms with Crippen LogP contribution >= 0.6 is 0 Å². The van der Waals surface area contributed by atoms with Gasteiger partial charge in [-0.3, -0.25) is 9.88 Å². The van der Waals surface area contributed by atoms with Crippen molar-refractivity contribution in [2.75, 3.05) is 20.8 Å². The zero-order valence-electron chi connectivity index (χ0n) is 19.6. The Balaban J connectivity index is 1.24. The summed E-state index contributed by atoms with van der Waals surface area (Å²) in [6.07, 6.45) is 11.5. The average molecular weight is 445 g/mol. The Morgan fingerprint density at radius 3 is 2.55 bits per heavy atom. The predicted octanol–water partition coefficient (Wildman–Crippen LogP) is 5.16. The fraction of sp³-hybridized carbons (Fsp3) is 0.444. The van der Waals surface area contributed by atoms with Gasteiger partial charge in [0.25, 0.3) is 0 Å². The van der Waals surface area contributed by atoms with Gasteiger partial charge in [0.2, 0.25) is 0 Å². The zero-order chi connectivity index (χ0) is 22.6. The number of pyridine rings is 1. The van der Waals surface area contributed by atoms with Crippen LogP contribution in [0.2, 0.25) is 0 Å². The second-order valence-corrected chi connectivity index (χ2v) is 9.12. The largest absolute Gasteiger partial charge is 0.493 e. The number of methoxy groups -OCH3 is 2. The molecule has 0 radical (unpaired) electrons. The summed E-state index contributed by atoms with van der Waals surface area (Å²) in [7, 11) is 3.29. The Morgan fingerprint density at radius 1 is 0.939 bits per heavy atom. The first kappa shape index (κ1) is 21.8. The van der Waals surface area contributed by atoms with Crippen molar-refractivity contribution in [3.63, 3.8) is 0 Å². The van der Waals surface area contributed by atoms with Crippen LogP contribution in [0.25, 0.3) is 11.3 Å². The van der Waals surface area contributed by atoms with Crippen LogP contribution in [0.1, 0.15) is 60.7 Å². The Labute approximate surface area is 196 Å². The summed E-state index contributed by atoms with van der Waals surface area (Å²) in [6.45, 7) is 2.80. The van der Waals surface area contributed by atoms with Crippen molar-refractivity contribution in [3.05, 3.63) is 65.4 Å². The lowest BCUT2D eigenvalue weighted by Crippen LogP contribution is -2.31. The van der Waals surface area contributed by atoms with Crippen molar-refractivity contribution in [2.24, 2.45) is 0 Å². The topological polar surface area (TPSA) is 60.4 Å². The summed E-state index contributed by atoms with van der Waals surface area (Å²) < 4.78 is 10.8. The highest BCUT2D eigenvalue weighted by atomic mass is 16.5. The minimum atomic E-state index is 0.567. The van der Waals surface area contributed by atoms with E-state index >= 15 is 0 Å². The molecule has 0 bridgehead atoms. The number of benzene rings is 1. The van der Waals surface area contributed by atoms with Crippen molar-refractivity contribution < 1.29 is 9.47 Å². The van der Waals surface area contributed by atoms with Gasteiger partial charge in [-0.05, 0) is 42.7 Å². The fourth-order valence-electron chi connectivity index (χ4n) is 5.02. The lowest BCUT2D eigenvalue weighted by Gasteiger charge is -2.29. The van der Waals surface area contributed by atoms with Gasteiger partial charge in [0.1, 0.15) is 5.82 Å². The summed E-state index contributed by atoms with van der Waals surface area (Å²) in [5, 5.41) is 0. The van der Waals surface area contributed by atoms with Gasteiger partial charge in [-0.2, -0.15) is 0 Å². The summed E-state index contributed by atoms with van der Waals surface area (Å²) >= 11 is 0. The Bertz CT molecular complexity index is 1090. The third kappa shape index (κ3) is 4.86. The van der Waals surface area contributed by atoms with Gasteiger partial charge < -0.3 is 9.47 Å². The smallest absolute Gasteiger partial charge is 0.161 e. The van der Waals surface area contributed by atoms with Gasteiger partial charge in [-0.1, -0.05) is 25.3 Å². The van der Waals surface area contributed by atoms with E-state index in [2.05, 4.69) is 23.2 Å². The molecule has 0 atom stereocenters. The number of hydrogen-bond donors (Lipinski definition) is 0. The monoisotopic (exact) mass is 444 g/mol. The maximum atomic E-state index is 5.42. The second kappa shape index (κ2) is 9.87. The molecule has 0 saturated heterocycles. The molecule has 1 saturated carbocycles. The van der Waals surface area contributed by atoms with Crippen LogP contribution in [0.3, 0.4) is 0 Å². The van der Waals surface area contributed by atoms with Crippen LogP contribution in [0.4, 0.5) is 0 Å². The van der Waals surface area contributed by atoms with Gasteiger partial charge in [0.15, 0.2) is 11.5 Å². The molecular weight excluding hydrogens is 412 g/mol. The van der Waals surface area contributed by atoms with E-state index in [1.165, 1.54) is 48.9 Å². The van der Waals surface area contributed by atoms with Gasteiger partial charge in [0.05, 0.1) is 19.9 Å². The molecule has 1 aromatic carbocycles. The molecule has 1 fully saturated rings. The van der Waals surface area contributed by atoms with Crippen molar-refractivity contribution in [3.8, 4) is 22.8 Å². The number of aromatic nitrogens is 3. The zero-order valence-corrected chi connectivity index (χ0v) is 19.6. The molecule has 2 aromatic heterocycles. The first-order valence-corrected chi connectivity index (χ1v) is 12.0. The molecule has 1 aliphatic heterocycles. The number of fused-ring (bicyclic) bond motifs is 1. The first-order chi connectivity index (χ1) is 16.2. The minimum Gasteiger partial charge on any atom is -0.493 e. The first-order valence-electron chi connectivity index (χ1n) is 12.0. The predicted molar refractivity (Wildman–Crippen MR) is 128 cm³/mol. The fourth-order valence-corrected chi connectivity index (χ4v) is 5.02. The van der Waals surface area contributed by atoms with Crippen molar-refractivity contribution in [1.82, 2.24) is 19.9 Å². The normalized spacial score (nSPS) is 16.9. The maximum absolute atomic E-state index is 5.42. The van der Waals surface area contributed by atoms with Crippen LogP contribution < -0.4 is 9.47 Å². The molecule has 0 N–H and O–H groups in total. The number of nitrogens with zero attached hydrogens (tertiary/aromatic N) is 4. The molecule has 6 nitrogen and oxygen atoms in total. The van der Waals surface area contributed by atoms with Gasteiger partial charge in [-0.15, -0.1) is 0 Å². The summed E-state index contributed by atoms with van der Waals surface area (Å²) in [4.78, 5) is 16.9. The Kier molecular flexibility index (Phi) is 6.53. The summed E-state index contributed by atoms with van der Waals surface area (Å²) in [6, 6.07) is 10.1. The van der Waals surface area contributed by atoms with Crippen LogP contribution in [0.15, 0.2) is 42.7 Å². The molecule has 5 rings (SSSR count). The summed E-state index contributed by atoms with van der Waals surface area (Å²) in [5.41, 5.74) is 5.67. The van der Waals surface area contributed by atoms with Crippen LogP contribution in [-0.4, -0.2) is 40.6 Å². The van der Waals surface area contributed by atoms with Gasteiger partial charge in [0, 0.05) is 61.2 Å². The molecule has 172 valence electrons. The second-order valence-electron chi connectivity index (χ2n) is 9.12. The Morgan fingerprint density at radius 2 is 1.79 bits per heavy atom. The lowest BCUT2D eigenvalue weighted by molar-refractivity contribution is 0.242. The molecule has 6 heteroatoms. The van der Waals surface area contributed by atoms with E-state index in [-0.39, 0.29) is 0 Å². The highest BCUT2D eigenvalue weighted by Crippen LogP contribution is 2.33. The quantitative estimate of drug-likeness (QED) is 0.523. The van der Waals surface area contributed by atoms with Gasteiger partial charge in [-0.25, -0.2) is 9.97 Å². The van der Waals surface area contributed by atoms with Crippen molar-refractivity contribution >= 4 is 0 Å². The van der Waals surface area contributed by atoms with E-state index in [1.807, 2.05) is 24.4 Å². The van der Waals surface area contributed by atoms with E-state index in [4.69, 9.17) is 24.4 Å². The van der Waals surface area contributed by atoms with E-state index in [0.717, 1.165) is 48.9 Å². The van der Waals surface area contributed by atoms with Gasteiger partial charge >= 0.3 is 0 Å². The molecule has 0 spiro atoms. The minimum absolute atomic E-state index is 0.567. The number of rotatable bonds is 6. The van der Waals surface area contributed by atoms with E-state index in [9.17, 15) is 0 Å². The van der Waals surface area contributed by atoms with Crippen LogP contribution in [0, 0.1) is 0 Å².